The standard InChI is InChI=1S/C10H11ClN2O3/c11-5-2-1-3-6(12)9(5)8(14)4-7(13)10(15)16/h1-3,7H,4,12-13H2,(H,15,16)/t7-/m1/s1. The number of hydrogen-bond acceptors (Lipinski definition) is 4. The Bertz CT molecular complexity index is 414. The minimum atomic E-state index is -1.25. The second-order valence-corrected chi connectivity index (χ2v) is 3.68. The number of anilines is 1. The van der Waals surface area contributed by atoms with Gasteiger partial charge in [0.15, 0.2) is 5.78 Å². The molecule has 1 rings (SSSR count). The fraction of sp³-hybridized carbons (Fsp3) is 0.200. The number of carboxylic acids is 1. The fourth-order valence-electron chi connectivity index (χ4n) is 1.22. The number of halogens is 1. The van der Waals surface area contributed by atoms with Crippen LogP contribution in [-0.4, -0.2) is 22.9 Å². The van der Waals surface area contributed by atoms with Gasteiger partial charge in [0.1, 0.15) is 6.04 Å². The van der Waals surface area contributed by atoms with Crippen LogP contribution in [0.2, 0.25) is 5.02 Å². The Balaban J connectivity index is 2.93. The zero-order chi connectivity index (χ0) is 12.3. The van der Waals surface area contributed by atoms with Crippen molar-refractivity contribution in [1.82, 2.24) is 0 Å². The van der Waals surface area contributed by atoms with Crippen LogP contribution in [0.3, 0.4) is 0 Å². The molecule has 0 aliphatic heterocycles. The van der Waals surface area contributed by atoms with E-state index in [1.54, 1.807) is 6.07 Å². The van der Waals surface area contributed by atoms with Crippen LogP contribution in [0.15, 0.2) is 18.2 Å². The summed E-state index contributed by atoms with van der Waals surface area (Å²) in [5.41, 5.74) is 11.2. The van der Waals surface area contributed by atoms with Crippen molar-refractivity contribution in [2.75, 3.05) is 5.73 Å². The molecule has 86 valence electrons. The molecule has 6 heteroatoms. The number of carboxylic acid groups (broad SMARTS) is 1. The molecular formula is C10H11ClN2O3. The van der Waals surface area contributed by atoms with Crippen molar-refractivity contribution in [1.29, 1.82) is 0 Å². The molecule has 0 amide bonds. The molecule has 0 fully saturated rings. The Hall–Kier alpha value is -1.59. The Morgan fingerprint density at radius 2 is 2.06 bits per heavy atom. The molecule has 0 radical (unpaired) electrons. The summed E-state index contributed by atoms with van der Waals surface area (Å²) in [7, 11) is 0. The molecule has 0 aliphatic carbocycles. The smallest absolute Gasteiger partial charge is 0.320 e. The SMILES string of the molecule is Nc1cccc(Cl)c1C(=O)C[C@@H](N)C(=O)O. The van der Waals surface area contributed by atoms with Gasteiger partial charge < -0.3 is 16.6 Å². The lowest BCUT2D eigenvalue weighted by molar-refractivity contribution is -0.138. The largest absolute Gasteiger partial charge is 0.480 e. The van der Waals surface area contributed by atoms with Crippen LogP contribution in [0, 0.1) is 0 Å². The van der Waals surface area contributed by atoms with Gasteiger partial charge in [-0.2, -0.15) is 0 Å². The summed E-state index contributed by atoms with van der Waals surface area (Å²) < 4.78 is 0. The van der Waals surface area contributed by atoms with Crippen LogP contribution in [0.5, 0.6) is 0 Å². The Kier molecular flexibility index (Phi) is 3.87. The Morgan fingerprint density at radius 3 is 2.56 bits per heavy atom. The lowest BCUT2D eigenvalue weighted by atomic mass is 10.0. The molecule has 1 atom stereocenters. The highest BCUT2D eigenvalue weighted by Crippen LogP contribution is 2.23. The molecule has 1 aromatic rings. The maximum absolute atomic E-state index is 11.7. The Morgan fingerprint density at radius 1 is 1.44 bits per heavy atom. The first kappa shape index (κ1) is 12.5. The summed E-state index contributed by atoms with van der Waals surface area (Å²) in [6, 6.07) is 3.39. The number of carbonyl (C=O) groups excluding carboxylic acids is 1. The van der Waals surface area contributed by atoms with Gasteiger partial charge in [-0.05, 0) is 12.1 Å². The number of rotatable bonds is 4. The predicted octanol–water partition coefficient (Wildman–Crippen LogP) is 0.907. The summed E-state index contributed by atoms with van der Waals surface area (Å²) in [6.07, 6.45) is -0.330. The molecular weight excluding hydrogens is 232 g/mol. The summed E-state index contributed by atoms with van der Waals surface area (Å²) in [6.45, 7) is 0. The van der Waals surface area contributed by atoms with Crippen molar-refractivity contribution < 1.29 is 14.7 Å². The number of benzene rings is 1. The first-order valence-electron chi connectivity index (χ1n) is 4.49. The van der Waals surface area contributed by atoms with E-state index in [0.717, 1.165) is 0 Å². The van der Waals surface area contributed by atoms with Gasteiger partial charge in [-0.15, -0.1) is 0 Å². The van der Waals surface area contributed by atoms with E-state index < -0.39 is 17.8 Å². The van der Waals surface area contributed by atoms with Crippen molar-refractivity contribution in [3.63, 3.8) is 0 Å². The van der Waals surface area contributed by atoms with Crippen LogP contribution in [-0.2, 0) is 4.79 Å². The van der Waals surface area contributed by atoms with E-state index in [-0.39, 0.29) is 22.7 Å². The molecule has 16 heavy (non-hydrogen) atoms. The van der Waals surface area contributed by atoms with E-state index in [2.05, 4.69) is 0 Å². The van der Waals surface area contributed by atoms with Crippen LogP contribution >= 0.6 is 11.6 Å². The van der Waals surface area contributed by atoms with Gasteiger partial charge in [-0.1, -0.05) is 17.7 Å². The highest BCUT2D eigenvalue weighted by atomic mass is 35.5. The molecule has 0 saturated heterocycles. The second-order valence-electron chi connectivity index (χ2n) is 3.28. The topological polar surface area (TPSA) is 106 Å². The van der Waals surface area contributed by atoms with Gasteiger partial charge in [0.2, 0.25) is 0 Å². The van der Waals surface area contributed by atoms with Gasteiger partial charge in [0, 0.05) is 12.1 Å². The number of Topliss-reactive ketones (excluding diaryl/α,β-unsaturated/α-hetero) is 1. The molecule has 5 N–H and O–H groups in total. The van der Waals surface area contributed by atoms with Gasteiger partial charge in [-0.3, -0.25) is 9.59 Å². The second kappa shape index (κ2) is 4.96. The number of aliphatic carboxylic acids is 1. The van der Waals surface area contributed by atoms with E-state index in [0.29, 0.717) is 0 Å². The zero-order valence-electron chi connectivity index (χ0n) is 8.31. The average Bonchev–Trinajstić information content (AvgIpc) is 2.16. The molecule has 0 bridgehead atoms. The molecule has 0 aliphatic rings. The van der Waals surface area contributed by atoms with Crippen molar-refractivity contribution in [2.24, 2.45) is 5.73 Å². The van der Waals surface area contributed by atoms with Crippen LogP contribution in [0.4, 0.5) is 5.69 Å². The number of nitrogens with two attached hydrogens (primary N) is 2. The lowest BCUT2D eigenvalue weighted by Gasteiger charge is -2.09. The van der Waals surface area contributed by atoms with E-state index in [9.17, 15) is 9.59 Å². The third-order valence-corrected chi connectivity index (χ3v) is 2.36. The van der Waals surface area contributed by atoms with Gasteiger partial charge >= 0.3 is 5.97 Å². The van der Waals surface area contributed by atoms with Gasteiger partial charge in [0.05, 0.1) is 10.6 Å². The summed E-state index contributed by atoms with van der Waals surface area (Å²) in [5, 5.41) is 8.77. The number of ketones is 1. The van der Waals surface area contributed by atoms with Crippen molar-refractivity contribution in [3.05, 3.63) is 28.8 Å². The molecule has 0 aromatic heterocycles. The van der Waals surface area contributed by atoms with Crippen molar-refractivity contribution in [3.8, 4) is 0 Å². The minimum Gasteiger partial charge on any atom is -0.480 e. The monoisotopic (exact) mass is 242 g/mol. The molecule has 5 nitrogen and oxygen atoms in total. The lowest BCUT2D eigenvalue weighted by Crippen LogP contribution is -2.32. The van der Waals surface area contributed by atoms with Crippen LogP contribution in [0.25, 0.3) is 0 Å². The van der Waals surface area contributed by atoms with Crippen LogP contribution in [0.1, 0.15) is 16.8 Å². The van der Waals surface area contributed by atoms with E-state index in [4.69, 9.17) is 28.2 Å². The molecule has 0 spiro atoms. The third kappa shape index (κ3) is 2.71. The summed E-state index contributed by atoms with van der Waals surface area (Å²) >= 11 is 5.80. The molecule has 0 saturated carbocycles. The van der Waals surface area contributed by atoms with Gasteiger partial charge in [-0.25, -0.2) is 0 Å². The first-order valence-corrected chi connectivity index (χ1v) is 4.87. The fourth-order valence-corrected chi connectivity index (χ4v) is 1.51. The Labute approximate surface area is 97.0 Å². The highest BCUT2D eigenvalue weighted by Gasteiger charge is 2.20. The highest BCUT2D eigenvalue weighted by molar-refractivity contribution is 6.34. The van der Waals surface area contributed by atoms with E-state index in [1.807, 2.05) is 0 Å². The number of nitrogen functional groups attached to an aromatic ring is 1. The maximum Gasteiger partial charge on any atom is 0.320 e. The zero-order valence-corrected chi connectivity index (χ0v) is 9.07. The molecule has 1 aromatic carbocycles. The van der Waals surface area contributed by atoms with Crippen LogP contribution < -0.4 is 11.5 Å². The van der Waals surface area contributed by atoms with E-state index >= 15 is 0 Å². The maximum atomic E-state index is 11.7. The quantitative estimate of drug-likeness (QED) is 0.537. The molecule has 0 unspecified atom stereocenters. The number of hydrogen-bond donors (Lipinski definition) is 3. The predicted molar refractivity (Wildman–Crippen MR) is 60.4 cm³/mol. The summed E-state index contributed by atoms with van der Waals surface area (Å²) in [4.78, 5) is 22.2. The van der Waals surface area contributed by atoms with E-state index in [1.165, 1.54) is 12.1 Å². The minimum absolute atomic E-state index is 0.126. The molecule has 0 heterocycles. The van der Waals surface area contributed by atoms with Gasteiger partial charge in [0.25, 0.3) is 0 Å². The van der Waals surface area contributed by atoms with Crippen molar-refractivity contribution >= 4 is 29.0 Å². The van der Waals surface area contributed by atoms with Crippen molar-refractivity contribution in [2.45, 2.75) is 12.5 Å². The number of carbonyl (C=O) groups is 2. The first-order chi connectivity index (χ1) is 7.43. The summed E-state index contributed by atoms with van der Waals surface area (Å²) in [5.74, 6) is -1.71. The average molecular weight is 243 g/mol. The normalized spacial score (nSPS) is 12.1. The third-order valence-electron chi connectivity index (χ3n) is 2.05.